The van der Waals surface area contributed by atoms with Gasteiger partial charge in [0.05, 0.1) is 18.5 Å². The normalized spacial score (nSPS) is 13.7. The molecule has 0 fully saturated rings. The number of aliphatic carboxylic acids is 1. The van der Waals surface area contributed by atoms with Crippen molar-refractivity contribution in [1.82, 2.24) is 9.80 Å². The van der Waals surface area contributed by atoms with Crippen LogP contribution in [0, 0.1) is 5.92 Å². The van der Waals surface area contributed by atoms with Crippen LogP contribution in [-0.4, -0.2) is 54.0 Å². The summed E-state index contributed by atoms with van der Waals surface area (Å²) in [5, 5.41) is 9.56. The lowest BCUT2D eigenvalue weighted by atomic mass is 10.1. The predicted molar refractivity (Wildman–Crippen MR) is 86.9 cm³/mol. The molecule has 0 aliphatic rings. The van der Waals surface area contributed by atoms with E-state index in [0.717, 1.165) is 5.56 Å². The van der Waals surface area contributed by atoms with Gasteiger partial charge in [-0.05, 0) is 31.7 Å². The molecule has 0 aromatic heterocycles. The lowest BCUT2D eigenvalue weighted by Crippen LogP contribution is -2.40. The van der Waals surface area contributed by atoms with Crippen LogP contribution in [0.5, 0.6) is 0 Å². The smallest absolute Gasteiger partial charge is 0.307 e. The Labute approximate surface area is 136 Å². The summed E-state index contributed by atoms with van der Waals surface area (Å²) in [6.07, 6.45) is 0. The van der Waals surface area contributed by atoms with Crippen LogP contribution in [0.3, 0.4) is 0 Å². The molecule has 1 rings (SSSR count). The molecule has 2 unspecified atom stereocenters. The van der Waals surface area contributed by atoms with E-state index < -0.39 is 11.9 Å². The maximum Gasteiger partial charge on any atom is 0.307 e. The van der Waals surface area contributed by atoms with Crippen molar-refractivity contribution in [1.29, 1.82) is 0 Å². The zero-order valence-corrected chi connectivity index (χ0v) is 14.2. The number of rotatable bonds is 7. The Kier molecular flexibility index (Phi) is 6.84. The Morgan fingerprint density at radius 1 is 1.18 bits per heavy atom. The van der Waals surface area contributed by atoms with E-state index in [9.17, 15) is 9.59 Å². The van der Waals surface area contributed by atoms with E-state index in [1.165, 1.54) is 0 Å². The monoisotopic (exact) mass is 326 g/mol. The maximum absolute atomic E-state index is 12.3. The summed E-state index contributed by atoms with van der Waals surface area (Å²) >= 11 is 5.87. The number of benzene rings is 1. The fourth-order valence-corrected chi connectivity index (χ4v) is 2.26. The van der Waals surface area contributed by atoms with Crippen molar-refractivity contribution in [2.45, 2.75) is 19.9 Å². The minimum atomic E-state index is -0.859. The molecule has 0 saturated carbocycles. The van der Waals surface area contributed by atoms with Crippen LogP contribution in [0.2, 0.25) is 5.02 Å². The van der Waals surface area contributed by atoms with Crippen molar-refractivity contribution < 1.29 is 14.7 Å². The molecule has 6 heteroatoms. The van der Waals surface area contributed by atoms with Crippen molar-refractivity contribution in [2.24, 2.45) is 5.92 Å². The second kappa shape index (κ2) is 8.15. The number of carboxylic acid groups (broad SMARTS) is 1. The van der Waals surface area contributed by atoms with Gasteiger partial charge < -0.3 is 10.0 Å². The molecule has 0 aliphatic heterocycles. The lowest BCUT2D eigenvalue weighted by Gasteiger charge is -2.28. The van der Waals surface area contributed by atoms with Crippen molar-refractivity contribution >= 4 is 23.5 Å². The fraction of sp³-hybridized carbons (Fsp3) is 0.500. The van der Waals surface area contributed by atoms with Crippen LogP contribution in [0.4, 0.5) is 0 Å². The van der Waals surface area contributed by atoms with E-state index in [1.54, 1.807) is 43.0 Å². The number of halogens is 1. The number of carbonyl (C=O) groups excluding carboxylic acids is 1. The summed E-state index contributed by atoms with van der Waals surface area (Å²) < 4.78 is 0. The van der Waals surface area contributed by atoms with E-state index >= 15 is 0 Å². The maximum atomic E-state index is 12.3. The third-order valence-electron chi connectivity index (χ3n) is 3.74. The number of likely N-dealkylation sites (N-methyl/N-ethyl adjacent to an activating group) is 2. The van der Waals surface area contributed by atoms with E-state index in [2.05, 4.69) is 0 Å². The average Bonchev–Trinajstić information content (AvgIpc) is 2.46. The Hall–Kier alpha value is -1.59. The van der Waals surface area contributed by atoms with Gasteiger partial charge in [-0.25, -0.2) is 0 Å². The number of hydrogen-bond donors (Lipinski definition) is 1. The summed E-state index contributed by atoms with van der Waals surface area (Å²) in [6.45, 7) is 4.10. The van der Waals surface area contributed by atoms with Crippen LogP contribution in [-0.2, 0) is 9.59 Å². The second-order valence-corrected chi connectivity index (χ2v) is 6.10. The van der Waals surface area contributed by atoms with Crippen LogP contribution in [0.25, 0.3) is 0 Å². The molecule has 0 saturated heterocycles. The first-order valence-electron chi connectivity index (χ1n) is 7.14. The van der Waals surface area contributed by atoms with E-state index in [0.29, 0.717) is 11.6 Å². The van der Waals surface area contributed by atoms with Crippen molar-refractivity contribution in [3.63, 3.8) is 0 Å². The molecule has 22 heavy (non-hydrogen) atoms. The molecular weight excluding hydrogens is 304 g/mol. The first-order chi connectivity index (χ1) is 10.2. The van der Waals surface area contributed by atoms with Crippen molar-refractivity contribution in [3.05, 3.63) is 34.9 Å². The Morgan fingerprint density at radius 2 is 1.73 bits per heavy atom. The van der Waals surface area contributed by atoms with E-state index in [-0.39, 0.29) is 18.5 Å². The third kappa shape index (κ3) is 5.31. The molecule has 0 heterocycles. The molecule has 1 N–H and O–H groups in total. The number of carbonyl (C=O) groups is 2. The van der Waals surface area contributed by atoms with Gasteiger partial charge in [-0.2, -0.15) is 0 Å². The summed E-state index contributed by atoms with van der Waals surface area (Å²) in [7, 11) is 3.49. The van der Waals surface area contributed by atoms with Gasteiger partial charge in [0.25, 0.3) is 0 Å². The highest BCUT2D eigenvalue weighted by Gasteiger charge is 2.20. The van der Waals surface area contributed by atoms with Gasteiger partial charge >= 0.3 is 5.97 Å². The van der Waals surface area contributed by atoms with E-state index in [1.807, 2.05) is 19.1 Å². The van der Waals surface area contributed by atoms with Crippen LogP contribution in [0.1, 0.15) is 25.5 Å². The zero-order valence-electron chi connectivity index (χ0n) is 13.4. The summed E-state index contributed by atoms with van der Waals surface area (Å²) in [5.74, 6) is -1.42. The van der Waals surface area contributed by atoms with Crippen molar-refractivity contribution in [2.75, 3.05) is 27.2 Å². The number of amides is 1. The first kappa shape index (κ1) is 18.5. The molecule has 2 atom stereocenters. The molecule has 122 valence electrons. The highest BCUT2D eigenvalue weighted by atomic mass is 35.5. The molecule has 0 spiro atoms. The lowest BCUT2D eigenvalue weighted by molar-refractivity contribution is -0.142. The van der Waals surface area contributed by atoms with Gasteiger partial charge in [-0.3, -0.25) is 14.5 Å². The molecule has 0 bridgehead atoms. The molecular formula is C16H23ClN2O3. The standard InChI is InChI=1S/C16H23ClN2O3/c1-11(16(21)22)9-18(3)10-15(20)19(4)12(2)13-5-7-14(17)8-6-13/h5-8,11-12H,9-10H2,1-4H3,(H,21,22). The molecule has 1 aromatic rings. The highest BCUT2D eigenvalue weighted by molar-refractivity contribution is 6.30. The Bertz CT molecular complexity index is 519. The van der Waals surface area contributed by atoms with Crippen LogP contribution >= 0.6 is 11.6 Å². The van der Waals surface area contributed by atoms with Gasteiger partial charge in [0, 0.05) is 18.6 Å². The fourth-order valence-electron chi connectivity index (χ4n) is 2.13. The number of hydrogen-bond acceptors (Lipinski definition) is 3. The summed E-state index contributed by atoms with van der Waals surface area (Å²) in [5.41, 5.74) is 1.00. The second-order valence-electron chi connectivity index (χ2n) is 5.67. The molecule has 0 radical (unpaired) electrons. The van der Waals surface area contributed by atoms with Gasteiger partial charge in [-0.15, -0.1) is 0 Å². The molecule has 5 nitrogen and oxygen atoms in total. The topological polar surface area (TPSA) is 60.9 Å². The summed E-state index contributed by atoms with van der Waals surface area (Å²) in [4.78, 5) is 26.5. The zero-order chi connectivity index (χ0) is 16.9. The molecule has 1 aromatic carbocycles. The van der Waals surface area contributed by atoms with Crippen molar-refractivity contribution in [3.8, 4) is 0 Å². The largest absolute Gasteiger partial charge is 0.481 e. The van der Waals surface area contributed by atoms with Gasteiger partial charge in [0.2, 0.25) is 5.91 Å². The SMILES string of the molecule is CC(CN(C)CC(=O)N(C)C(C)c1ccc(Cl)cc1)C(=O)O. The quantitative estimate of drug-likeness (QED) is 0.836. The van der Waals surface area contributed by atoms with Crippen LogP contribution in [0.15, 0.2) is 24.3 Å². The van der Waals surface area contributed by atoms with Gasteiger partial charge in [0.15, 0.2) is 0 Å². The van der Waals surface area contributed by atoms with Gasteiger partial charge in [-0.1, -0.05) is 30.7 Å². The Balaban J connectivity index is 2.60. The van der Waals surface area contributed by atoms with Crippen LogP contribution < -0.4 is 0 Å². The minimum Gasteiger partial charge on any atom is -0.481 e. The van der Waals surface area contributed by atoms with E-state index in [4.69, 9.17) is 16.7 Å². The third-order valence-corrected chi connectivity index (χ3v) is 3.99. The number of carboxylic acids is 1. The Morgan fingerprint density at radius 3 is 2.23 bits per heavy atom. The predicted octanol–water partition coefficient (Wildman–Crippen LogP) is 2.51. The number of nitrogens with zero attached hydrogens (tertiary/aromatic N) is 2. The highest BCUT2D eigenvalue weighted by Crippen LogP contribution is 2.21. The van der Waals surface area contributed by atoms with Gasteiger partial charge in [0.1, 0.15) is 0 Å². The molecule has 0 aliphatic carbocycles. The molecule has 1 amide bonds. The summed E-state index contributed by atoms with van der Waals surface area (Å²) in [6, 6.07) is 7.31. The minimum absolute atomic E-state index is 0.0532. The first-order valence-corrected chi connectivity index (χ1v) is 7.52. The average molecular weight is 327 g/mol.